The summed E-state index contributed by atoms with van der Waals surface area (Å²) < 4.78 is 21.8. The van der Waals surface area contributed by atoms with Gasteiger partial charge in [-0.05, 0) is 51.1 Å². The number of benzene rings is 2. The Labute approximate surface area is 163 Å². The van der Waals surface area contributed by atoms with Crippen LogP contribution >= 0.6 is 0 Å². The van der Waals surface area contributed by atoms with Crippen molar-refractivity contribution in [1.82, 2.24) is 10.2 Å². The lowest BCUT2D eigenvalue weighted by Crippen LogP contribution is -2.10. The smallest absolute Gasteiger partial charge is 0.339 e. The lowest BCUT2D eigenvalue weighted by atomic mass is 10.1. The molecule has 1 atom stereocenters. The topological polar surface area (TPSA) is 83.7 Å². The highest BCUT2D eigenvalue weighted by Crippen LogP contribution is 2.29. The van der Waals surface area contributed by atoms with E-state index in [9.17, 15) is 4.79 Å². The van der Waals surface area contributed by atoms with Gasteiger partial charge in [0, 0.05) is 5.56 Å². The molecule has 1 heterocycles. The molecule has 0 bridgehead atoms. The maximum absolute atomic E-state index is 12.5. The molecule has 0 aliphatic rings. The first-order valence-corrected chi connectivity index (χ1v) is 8.94. The summed E-state index contributed by atoms with van der Waals surface area (Å²) in [5, 5.41) is 8.03. The Hall–Kier alpha value is -3.35. The van der Waals surface area contributed by atoms with E-state index < -0.39 is 12.1 Å². The summed E-state index contributed by atoms with van der Waals surface area (Å²) in [7, 11) is 1.51. The van der Waals surface area contributed by atoms with Crippen LogP contribution in [0.1, 0.15) is 41.8 Å². The number of aromatic nitrogens is 2. The van der Waals surface area contributed by atoms with E-state index in [0.29, 0.717) is 29.6 Å². The number of ether oxygens (including phenoxy) is 3. The molecule has 7 heteroatoms. The molecule has 0 saturated carbocycles. The number of rotatable bonds is 7. The highest BCUT2D eigenvalue weighted by Gasteiger charge is 2.21. The molecular formula is C21H22N2O5. The molecule has 0 saturated heterocycles. The summed E-state index contributed by atoms with van der Waals surface area (Å²) >= 11 is 0. The fourth-order valence-corrected chi connectivity index (χ4v) is 2.56. The highest BCUT2D eigenvalue weighted by molar-refractivity contribution is 5.90. The Morgan fingerprint density at radius 3 is 2.54 bits per heavy atom. The zero-order valence-electron chi connectivity index (χ0n) is 16.3. The van der Waals surface area contributed by atoms with Crippen LogP contribution in [0.15, 0.2) is 46.9 Å². The van der Waals surface area contributed by atoms with Crippen LogP contribution in [-0.2, 0) is 4.74 Å². The maximum Gasteiger partial charge on any atom is 0.339 e. The number of aryl methyl sites for hydroxylation is 1. The van der Waals surface area contributed by atoms with Gasteiger partial charge in [0.15, 0.2) is 17.6 Å². The summed E-state index contributed by atoms with van der Waals surface area (Å²) in [6.45, 7) is 6.05. The van der Waals surface area contributed by atoms with Crippen molar-refractivity contribution in [2.24, 2.45) is 0 Å². The van der Waals surface area contributed by atoms with E-state index in [-0.39, 0.29) is 5.89 Å². The minimum atomic E-state index is -0.697. The van der Waals surface area contributed by atoms with Crippen LogP contribution in [0.2, 0.25) is 0 Å². The van der Waals surface area contributed by atoms with Gasteiger partial charge in [-0.3, -0.25) is 0 Å². The van der Waals surface area contributed by atoms with Crippen molar-refractivity contribution in [3.8, 4) is 23.0 Å². The van der Waals surface area contributed by atoms with E-state index >= 15 is 0 Å². The van der Waals surface area contributed by atoms with Gasteiger partial charge in [0.2, 0.25) is 5.89 Å². The molecule has 2 aromatic carbocycles. The van der Waals surface area contributed by atoms with Crippen molar-refractivity contribution in [2.75, 3.05) is 13.7 Å². The third-order valence-electron chi connectivity index (χ3n) is 4.07. The SMILES string of the molecule is CCOc1ccc(C(=O)OC(C)c2nnc(-c3ccc(C)cc3)o2)cc1OC. The van der Waals surface area contributed by atoms with Gasteiger partial charge in [0.05, 0.1) is 19.3 Å². The van der Waals surface area contributed by atoms with Crippen LogP contribution in [0.25, 0.3) is 11.5 Å². The summed E-state index contributed by atoms with van der Waals surface area (Å²) in [4.78, 5) is 12.5. The molecule has 3 rings (SSSR count). The predicted molar refractivity (Wildman–Crippen MR) is 102 cm³/mol. The van der Waals surface area contributed by atoms with E-state index in [2.05, 4.69) is 10.2 Å². The quantitative estimate of drug-likeness (QED) is 0.561. The first-order valence-electron chi connectivity index (χ1n) is 8.94. The number of hydrogen-bond acceptors (Lipinski definition) is 7. The number of esters is 1. The van der Waals surface area contributed by atoms with E-state index in [1.807, 2.05) is 38.1 Å². The molecule has 1 aromatic heterocycles. The van der Waals surface area contributed by atoms with Crippen molar-refractivity contribution < 1.29 is 23.4 Å². The lowest BCUT2D eigenvalue weighted by molar-refractivity contribution is 0.0279. The normalized spacial score (nSPS) is 11.7. The molecule has 1 unspecified atom stereocenters. The molecule has 0 aliphatic carbocycles. The third kappa shape index (κ3) is 4.31. The Bertz CT molecular complexity index is 950. The highest BCUT2D eigenvalue weighted by atomic mass is 16.6. The van der Waals surface area contributed by atoms with Crippen LogP contribution in [0.4, 0.5) is 0 Å². The zero-order valence-corrected chi connectivity index (χ0v) is 16.3. The van der Waals surface area contributed by atoms with Gasteiger partial charge >= 0.3 is 5.97 Å². The van der Waals surface area contributed by atoms with E-state index in [4.69, 9.17) is 18.6 Å². The van der Waals surface area contributed by atoms with Gasteiger partial charge < -0.3 is 18.6 Å². The average Bonchev–Trinajstić information content (AvgIpc) is 3.19. The molecule has 0 N–H and O–H groups in total. The van der Waals surface area contributed by atoms with Gasteiger partial charge in [0.1, 0.15) is 0 Å². The van der Waals surface area contributed by atoms with Crippen molar-refractivity contribution in [2.45, 2.75) is 26.9 Å². The van der Waals surface area contributed by atoms with Crippen LogP contribution in [-0.4, -0.2) is 29.9 Å². The summed E-state index contributed by atoms with van der Waals surface area (Å²) in [5.74, 6) is 1.10. The number of hydrogen-bond donors (Lipinski definition) is 0. The Morgan fingerprint density at radius 2 is 1.86 bits per heavy atom. The molecule has 0 fully saturated rings. The van der Waals surface area contributed by atoms with Crippen LogP contribution in [0, 0.1) is 6.92 Å². The number of carbonyl (C=O) groups excluding carboxylic acids is 1. The van der Waals surface area contributed by atoms with Gasteiger partial charge in [-0.1, -0.05) is 17.7 Å². The summed E-state index contributed by atoms with van der Waals surface area (Å²) in [6.07, 6.45) is -0.697. The molecule has 0 aliphatic heterocycles. The van der Waals surface area contributed by atoms with Crippen LogP contribution < -0.4 is 9.47 Å². The van der Waals surface area contributed by atoms with Gasteiger partial charge in [-0.25, -0.2) is 4.79 Å². The second-order valence-corrected chi connectivity index (χ2v) is 6.16. The largest absolute Gasteiger partial charge is 0.493 e. The first-order chi connectivity index (χ1) is 13.5. The fraction of sp³-hybridized carbons (Fsp3) is 0.286. The van der Waals surface area contributed by atoms with Crippen molar-refractivity contribution in [3.63, 3.8) is 0 Å². The van der Waals surface area contributed by atoms with Crippen LogP contribution in [0.3, 0.4) is 0 Å². The van der Waals surface area contributed by atoms with Crippen LogP contribution in [0.5, 0.6) is 11.5 Å². The van der Waals surface area contributed by atoms with Crippen molar-refractivity contribution >= 4 is 5.97 Å². The monoisotopic (exact) mass is 382 g/mol. The number of methoxy groups -OCH3 is 1. The first kappa shape index (κ1) is 19.4. The molecule has 7 nitrogen and oxygen atoms in total. The fourth-order valence-electron chi connectivity index (χ4n) is 2.56. The molecule has 0 amide bonds. The molecule has 0 radical (unpaired) electrons. The standard InChI is InChI=1S/C21H22N2O5/c1-5-26-17-11-10-16(12-18(17)25-4)21(24)27-14(3)19-22-23-20(28-19)15-8-6-13(2)7-9-15/h6-12,14H,5H2,1-4H3. The minimum absolute atomic E-state index is 0.224. The summed E-state index contributed by atoms with van der Waals surface area (Å²) in [5.41, 5.74) is 2.28. The second-order valence-electron chi connectivity index (χ2n) is 6.16. The predicted octanol–water partition coefficient (Wildman–Crippen LogP) is 4.37. The van der Waals surface area contributed by atoms with Crippen molar-refractivity contribution in [3.05, 3.63) is 59.5 Å². The lowest BCUT2D eigenvalue weighted by Gasteiger charge is -2.12. The second kappa shape index (κ2) is 8.56. The third-order valence-corrected chi connectivity index (χ3v) is 4.07. The van der Waals surface area contributed by atoms with Gasteiger partial charge in [-0.15, -0.1) is 10.2 Å². The minimum Gasteiger partial charge on any atom is -0.493 e. The van der Waals surface area contributed by atoms with Crippen molar-refractivity contribution in [1.29, 1.82) is 0 Å². The average molecular weight is 382 g/mol. The van der Waals surface area contributed by atoms with E-state index in [0.717, 1.165) is 11.1 Å². The number of carbonyl (C=O) groups is 1. The Morgan fingerprint density at radius 1 is 1.11 bits per heavy atom. The molecule has 3 aromatic rings. The maximum atomic E-state index is 12.5. The van der Waals surface area contributed by atoms with E-state index in [1.54, 1.807) is 25.1 Å². The molecule has 28 heavy (non-hydrogen) atoms. The summed E-state index contributed by atoms with van der Waals surface area (Å²) in [6, 6.07) is 12.6. The Balaban J connectivity index is 1.71. The molecular weight excluding hydrogens is 360 g/mol. The van der Waals surface area contributed by atoms with E-state index in [1.165, 1.54) is 7.11 Å². The zero-order chi connectivity index (χ0) is 20.1. The molecule has 146 valence electrons. The Kier molecular flexibility index (Phi) is 5.93. The van der Waals surface area contributed by atoms with Gasteiger partial charge in [-0.2, -0.15) is 0 Å². The van der Waals surface area contributed by atoms with Gasteiger partial charge in [0.25, 0.3) is 5.89 Å². The molecule has 0 spiro atoms. The number of nitrogens with zero attached hydrogens (tertiary/aromatic N) is 2.